The van der Waals surface area contributed by atoms with Crippen LogP contribution in [0, 0.1) is 0 Å². The molecule has 0 radical (unpaired) electrons. The number of aryl methyl sites for hydroxylation is 1. The molecule has 0 amide bonds. The topological polar surface area (TPSA) is 64.4 Å². The SMILES string of the molecule is Cn1nc(C(F)F)c(OC(=O)O)c1C(F)(F)C(F)(F)F. The standard InChI is InChI=1S/C8H5F7N2O3/c1-17-4(7(11,12)8(13,14)15)3(20-6(18)19)2(16-17)5(9)10/h5H,1H3,(H,18,19). The molecule has 114 valence electrons. The number of carboxylic acid groups (broad SMARTS) is 1. The molecule has 0 aliphatic rings. The van der Waals surface area contributed by atoms with Gasteiger partial charge in [0.2, 0.25) is 0 Å². The summed E-state index contributed by atoms with van der Waals surface area (Å²) in [6.07, 6.45) is -12.1. The number of nitrogens with zero attached hydrogens (tertiary/aromatic N) is 2. The molecule has 0 aromatic carbocycles. The van der Waals surface area contributed by atoms with Crippen molar-refractivity contribution in [3.8, 4) is 5.75 Å². The molecular weight excluding hydrogens is 305 g/mol. The molecule has 1 aromatic heterocycles. The summed E-state index contributed by atoms with van der Waals surface area (Å²) in [4.78, 5) is 10.3. The van der Waals surface area contributed by atoms with Gasteiger partial charge in [0.1, 0.15) is 0 Å². The lowest BCUT2D eigenvalue weighted by atomic mass is 10.2. The van der Waals surface area contributed by atoms with Crippen molar-refractivity contribution < 1.29 is 45.4 Å². The Morgan fingerprint density at radius 2 is 1.80 bits per heavy atom. The molecule has 1 heterocycles. The van der Waals surface area contributed by atoms with Crippen molar-refractivity contribution >= 4 is 6.16 Å². The molecule has 0 atom stereocenters. The maximum atomic E-state index is 13.2. The molecule has 1 N–H and O–H groups in total. The highest BCUT2D eigenvalue weighted by molar-refractivity contribution is 5.62. The minimum atomic E-state index is -6.14. The van der Waals surface area contributed by atoms with Gasteiger partial charge in [-0.2, -0.15) is 27.1 Å². The zero-order chi connectivity index (χ0) is 15.9. The van der Waals surface area contributed by atoms with E-state index in [1.165, 1.54) is 0 Å². The highest BCUT2D eigenvalue weighted by Gasteiger charge is 2.62. The van der Waals surface area contributed by atoms with E-state index >= 15 is 0 Å². The minimum Gasteiger partial charge on any atom is -0.449 e. The normalized spacial score (nSPS) is 12.8. The number of alkyl halides is 7. The van der Waals surface area contributed by atoms with Gasteiger partial charge in [0.25, 0.3) is 6.43 Å². The van der Waals surface area contributed by atoms with Crippen molar-refractivity contribution in [2.75, 3.05) is 0 Å². The highest BCUT2D eigenvalue weighted by atomic mass is 19.4. The Labute approximate surface area is 105 Å². The van der Waals surface area contributed by atoms with Gasteiger partial charge in [0.15, 0.2) is 17.1 Å². The summed E-state index contributed by atoms with van der Waals surface area (Å²) in [5.41, 5.74) is -3.75. The Balaban J connectivity index is 3.57. The van der Waals surface area contributed by atoms with E-state index < -0.39 is 41.8 Å². The van der Waals surface area contributed by atoms with Crippen LogP contribution in [-0.2, 0) is 13.0 Å². The van der Waals surface area contributed by atoms with E-state index in [0.717, 1.165) is 0 Å². The zero-order valence-electron chi connectivity index (χ0n) is 9.38. The molecule has 0 unspecified atom stereocenters. The molecule has 0 fully saturated rings. The first-order chi connectivity index (χ1) is 8.89. The van der Waals surface area contributed by atoms with Crippen LogP contribution in [0.4, 0.5) is 35.5 Å². The van der Waals surface area contributed by atoms with Crippen LogP contribution in [-0.4, -0.2) is 27.2 Å². The average molecular weight is 310 g/mol. The number of aromatic nitrogens is 2. The van der Waals surface area contributed by atoms with Crippen LogP contribution in [0.25, 0.3) is 0 Å². The molecule has 5 nitrogen and oxygen atoms in total. The molecule has 1 rings (SSSR count). The summed E-state index contributed by atoms with van der Waals surface area (Å²) < 4.78 is 91.5. The summed E-state index contributed by atoms with van der Waals surface area (Å²) in [5.74, 6) is -7.45. The largest absolute Gasteiger partial charge is 0.511 e. The van der Waals surface area contributed by atoms with Crippen molar-refractivity contribution in [3.05, 3.63) is 11.4 Å². The summed E-state index contributed by atoms with van der Waals surface area (Å²) in [6, 6.07) is 0. The van der Waals surface area contributed by atoms with Crippen LogP contribution in [0.5, 0.6) is 5.75 Å². The first-order valence-electron chi connectivity index (χ1n) is 4.60. The summed E-state index contributed by atoms with van der Waals surface area (Å²) >= 11 is 0. The van der Waals surface area contributed by atoms with Gasteiger partial charge in [0, 0.05) is 7.05 Å². The van der Waals surface area contributed by atoms with E-state index in [1.807, 2.05) is 0 Å². The third-order valence-corrected chi connectivity index (χ3v) is 2.08. The number of halogens is 7. The summed E-state index contributed by atoms with van der Waals surface area (Å²) in [7, 11) is 0.523. The van der Waals surface area contributed by atoms with E-state index in [9.17, 15) is 35.5 Å². The van der Waals surface area contributed by atoms with Gasteiger partial charge in [-0.05, 0) is 0 Å². The van der Waals surface area contributed by atoms with E-state index in [2.05, 4.69) is 9.84 Å². The van der Waals surface area contributed by atoms with E-state index in [4.69, 9.17) is 5.11 Å². The van der Waals surface area contributed by atoms with Crippen molar-refractivity contribution in [3.63, 3.8) is 0 Å². The van der Waals surface area contributed by atoms with Crippen molar-refractivity contribution in [2.45, 2.75) is 18.5 Å². The van der Waals surface area contributed by atoms with Gasteiger partial charge in [0.05, 0.1) is 0 Å². The van der Waals surface area contributed by atoms with E-state index in [1.54, 1.807) is 0 Å². The quantitative estimate of drug-likeness (QED) is 0.688. The zero-order valence-corrected chi connectivity index (χ0v) is 9.38. The minimum absolute atomic E-state index is 0.201. The molecule has 20 heavy (non-hydrogen) atoms. The Kier molecular flexibility index (Phi) is 3.87. The van der Waals surface area contributed by atoms with Crippen molar-refractivity contribution in [1.82, 2.24) is 9.78 Å². The maximum absolute atomic E-state index is 13.2. The number of hydrogen-bond acceptors (Lipinski definition) is 3. The number of ether oxygens (including phenoxy) is 1. The third kappa shape index (κ3) is 2.63. The fraction of sp³-hybridized carbons (Fsp3) is 0.500. The molecule has 0 saturated heterocycles. The van der Waals surface area contributed by atoms with Gasteiger partial charge < -0.3 is 9.84 Å². The summed E-state index contributed by atoms with van der Waals surface area (Å²) in [6.45, 7) is 0. The lowest BCUT2D eigenvalue weighted by Gasteiger charge is -2.20. The predicted octanol–water partition coefficient (Wildman–Crippen LogP) is 3.07. The second-order valence-electron chi connectivity index (χ2n) is 3.43. The van der Waals surface area contributed by atoms with Gasteiger partial charge in [-0.3, -0.25) is 4.68 Å². The molecule has 12 heteroatoms. The van der Waals surface area contributed by atoms with Crippen LogP contribution >= 0.6 is 0 Å². The third-order valence-electron chi connectivity index (χ3n) is 2.08. The van der Waals surface area contributed by atoms with Crippen LogP contribution in [0.1, 0.15) is 17.8 Å². The number of hydrogen-bond donors (Lipinski definition) is 1. The second-order valence-corrected chi connectivity index (χ2v) is 3.43. The van der Waals surface area contributed by atoms with Crippen molar-refractivity contribution in [1.29, 1.82) is 0 Å². The Morgan fingerprint density at radius 3 is 2.15 bits per heavy atom. The fourth-order valence-electron chi connectivity index (χ4n) is 1.34. The van der Waals surface area contributed by atoms with Crippen LogP contribution < -0.4 is 4.74 Å². The second kappa shape index (κ2) is 4.83. The number of carbonyl (C=O) groups is 1. The first kappa shape index (κ1) is 16.0. The molecule has 0 saturated carbocycles. The van der Waals surface area contributed by atoms with E-state index in [-0.39, 0.29) is 4.68 Å². The smallest absolute Gasteiger partial charge is 0.449 e. The summed E-state index contributed by atoms with van der Waals surface area (Å²) in [5, 5.41) is 11.0. The maximum Gasteiger partial charge on any atom is 0.511 e. The molecule has 1 aromatic rings. The fourth-order valence-corrected chi connectivity index (χ4v) is 1.34. The number of rotatable bonds is 3. The predicted molar refractivity (Wildman–Crippen MR) is 46.8 cm³/mol. The monoisotopic (exact) mass is 310 g/mol. The molecule has 0 spiro atoms. The molecule has 0 aliphatic carbocycles. The van der Waals surface area contributed by atoms with Crippen molar-refractivity contribution in [2.24, 2.45) is 7.05 Å². The van der Waals surface area contributed by atoms with Gasteiger partial charge >= 0.3 is 18.3 Å². The van der Waals surface area contributed by atoms with Gasteiger partial charge in [-0.1, -0.05) is 0 Å². The highest BCUT2D eigenvalue weighted by Crippen LogP contribution is 2.48. The molecular formula is C8H5F7N2O3. The van der Waals surface area contributed by atoms with E-state index in [0.29, 0.717) is 7.05 Å². The Hall–Kier alpha value is -2.01. The average Bonchev–Trinajstić information content (AvgIpc) is 2.53. The van der Waals surface area contributed by atoms with Crippen LogP contribution in [0.2, 0.25) is 0 Å². The Morgan fingerprint density at radius 1 is 1.30 bits per heavy atom. The van der Waals surface area contributed by atoms with Gasteiger partial charge in [-0.25, -0.2) is 13.6 Å². The van der Waals surface area contributed by atoms with Gasteiger partial charge in [-0.15, -0.1) is 0 Å². The lowest BCUT2D eigenvalue weighted by molar-refractivity contribution is -0.292. The first-order valence-corrected chi connectivity index (χ1v) is 4.60. The Bertz CT molecular complexity index is 523. The molecule has 0 bridgehead atoms. The molecule has 0 aliphatic heterocycles. The lowest BCUT2D eigenvalue weighted by Crippen LogP contribution is -2.36. The van der Waals surface area contributed by atoms with Crippen LogP contribution in [0.15, 0.2) is 0 Å². The van der Waals surface area contributed by atoms with Crippen LogP contribution in [0.3, 0.4) is 0 Å².